The van der Waals surface area contributed by atoms with Gasteiger partial charge in [-0.1, -0.05) is 73.2 Å². The summed E-state index contributed by atoms with van der Waals surface area (Å²) in [5.74, 6) is -1.47. The molecule has 4 rings (SSSR count). The summed E-state index contributed by atoms with van der Waals surface area (Å²) in [4.78, 5) is 29.2. The standard InChI is InChI=1S/C32H36Cl2FN3O4S/c1-3-30(32(40)36-26-7-5-4-6-8-26)37(20-23-11-12-24(33)19-29(23)34)31(39)21-38(27-15-13-25(35)14-16-27)43(41,42)28-17-9-22(2)10-18-28/h9-19,26,30H,3-8,20-21H2,1-2H3,(H,36,40)/t30-/m0/s1. The molecule has 0 saturated heterocycles. The van der Waals surface area contributed by atoms with Gasteiger partial charge in [-0.25, -0.2) is 12.8 Å². The summed E-state index contributed by atoms with van der Waals surface area (Å²) in [6.45, 7) is 2.96. The van der Waals surface area contributed by atoms with Gasteiger partial charge in [-0.15, -0.1) is 0 Å². The SMILES string of the molecule is CC[C@@H](C(=O)NC1CCCCC1)N(Cc1ccc(Cl)cc1Cl)C(=O)CN(c1ccc(F)cc1)S(=O)(=O)c1ccc(C)cc1. The molecule has 1 fully saturated rings. The Bertz CT molecular complexity index is 1530. The molecule has 2 amide bonds. The summed E-state index contributed by atoms with van der Waals surface area (Å²) in [6, 6.07) is 15.1. The Hall–Kier alpha value is -3.14. The van der Waals surface area contributed by atoms with Crippen molar-refractivity contribution in [2.45, 2.75) is 75.9 Å². The second kappa shape index (κ2) is 14.6. The van der Waals surface area contributed by atoms with Crippen LogP contribution in [0, 0.1) is 12.7 Å². The molecule has 1 N–H and O–H groups in total. The monoisotopic (exact) mass is 647 g/mol. The first-order valence-electron chi connectivity index (χ1n) is 14.4. The summed E-state index contributed by atoms with van der Waals surface area (Å²) >= 11 is 12.6. The molecule has 0 spiro atoms. The number of anilines is 1. The van der Waals surface area contributed by atoms with Crippen molar-refractivity contribution in [3.63, 3.8) is 0 Å². The zero-order valence-electron chi connectivity index (χ0n) is 24.2. The molecule has 0 heterocycles. The van der Waals surface area contributed by atoms with Crippen LogP contribution >= 0.6 is 23.2 Å². The third-order valence-corrected chi connectivity index (χ3v) is 10.1. The van der Waals surface area contributed by atoms with Crippen LogP contribution in [0.4, 0.5) is 10.1 Å². The first kappa shape index (κ1) is 32.8. The number of aryl methyl sites for hydroxylation is 1. The lowest BCUT2D eigenvalue weighted by Crippen LogP contribution is -2.54. The van der Waals surface area contributed by atoms with Gasteiger partial charge in [0.25, 0.3) is 10.0 Å². The summed E-state index contributed by atoms with van der Waals surface area (Å²) < 4.78 is 42.6. The van der Waals surface area contributed by atoms with Crippen molar-refractivity contribution in [3.05, 3.63) is 93.7 Å². The fourth-order valence-electron chi connectivity index (χ4n) is 5.27. The van der Waals surface area contributed by atoms with E-state index in [0.29, 0.717) is 15.6 Å². The molecule has 230 valence electrons. The van der Waals surface area contributed by atoms with E-state index in [1.807, 2.05) is 6.92 Å². The first-order valence-corrected chi connectivity index (χ1v) is 16.6. The van der Waals surface area contributed by atoms with Gasteiger partial charge in [-0.05, 0) is 80.3 Å². The van der Waals surface area contributed by atoms with E-state index in [0.717, 1.165) is 54.1 Å². The van der Waals surface area contributed by atoms with Crippen LogP contribution in [0.3, 0.4) is 0 Å². The number of carbonyl (C=O) groups is 2. The van der Waals surface area contributed by atoms with Crippen molar-refractivity contribution in [2.75, 3.05) is 10.8 Å². The van der Waals surface area contributed by atoms with Gasteiger partial charge in [0.15, 0.2) is 0 Å². The quantitative estimate of drug-likeness (QED) is 0.245. The van der Waals surface area contributed by atoms with Gasteiger partial charge in [0, 0.05) is 22.6 Å². The number of hydrogen-bond donors (Lipinski definition) is 1. The minimum atomic E-state index is -4.25. The van der Waals surface area contributed by atoms with E-state index in [2.05, 4.69) is 5.32 Å². The topological polar surface area (TPSA) is 86.8 Å². The molecule has 3 aromatic carbocycles. The van der Waals surface area contributed by atoms with E-state index in [-0.39, 0.29) is 35.5 Å². The number of halogens is 3. The van der Waals surface area contributed by atoms with Gasteiger partial charge in [-0.3, -0.25) is 13.9 Å². The maximum atomic E-state index is 14.2. The molecule has 1 aliphatic carbocycles. The van der Waals surface area contributed by atoms with Crippen LogP contribution in [-0.2, 0) is 26.2 Å². The van der Waals surface area contributed by atoms with E-state index in [1.165, 1.54) is 29.2 Å². The number of sulfonamides is 1. The fraction of sp³-hybridized carbons (Fsp3) is 0.375. The van der Waals surface area contributed by atoms with Crippen LogP contribution in [0.2, 0.25) is 10.0 Å². The molecule has 1 aliphatic rings. The van der Waals surface area contributed by atoms with Crippen molar-refractivity contribution >= 4 is 50.7 Å². The number of amides is 2. The molecule has 0 unspecified atom stereocenters. The number of hydrogen-bond acceptors (Lipinski definition) is 4. The molecule has 7 nitrogen and oxygen atoms in total. The minimum Gasteiger partial charge on any atom is -0.352 e. The predicted octanol–water partition coefficient (Wildman–Crippen LogP) is 6.89. The second-order valence-corrected chi connectivity index (χ2v) is 13.5. The summed E-state index contributed by atoms with van der Waals surface area (Å²) in [7, 11) is -4.25. The Morgan fingerprint density at radius 2 is 1.63 bits per heavy atom. The number of nitrogens with zero attached hydrogens (tertiary/aromatic N) is 2. The number of carbonyl (C=O) groups excluding carboxylic acids is 2. The highest BCUT2D eigenvalue weighted by Crippen LogP contribution is 2.27. The van der Waals surface area contributed by atoms with Gasteiger partial charge < -0.3 is 10.2 Å². The summed E-state index contributed by atoms with van der Waals surface area (Å²) in [5, 5.41) is 3.84. The van der Waals surface area contributed by atoms with E-state index >= 15 is 0 Å². The Balaban J connectivity index is 1.72. The van der Waals surface area contributed by atoms with Crippen LogP contribution in [-0.4, -0.2) is 43.8 Å². The van der Waals surface area contributed by atoms with Crippen molar-refractivity contribution in [2.24, 2.45) is 0 Å². The molecule has 0 aromatic heterocycles. The highest BCUT2D eigenvalue weighted by Gasteiger charge is 2.34. The van der Waals surface area contributed by atoms with Crippen molar-refractivity contribution < 1.29 is 22.4 Å². The maximum Gasteiger partial charge on any atom is 0.264 e. The molecule has 3 aromatic rings. The molecular formula is C32H36Cl2FN3O4S. The summed E-state index contributed by atoms with van der Waals surface area (Å²) in [6.07, 6.45) is 5.19. The largest absolute Gasteiger partial charge is 0.352 e. The minimum absolute atomic E-state index is 0.0176. The average molecular weight is 649 g/mol. The van der Waals surface area contributed by atoms with Crippen LogP contribution in [0.1, 0.15) is 56.6 Å². The van der Waals surface area contributed by atoms with Crippen LogP contribution < -0.4 is 9.62 Å². The average Bonchev–Trinajstić information content (AvgIpc) is 2.98. The van der Waals surface area contributed by atoms with Gasteiger partial charge in [0.1, 0.15) is 18.4 Å². The first-order chi connectivity index (χ1) is 20.5. The number of rotatable bonds is 11. The molecule has 1 saturated carbocycles. The Labute approximate surface area is 263 Å². The molecule has 43 heavy (non-hydrogen) atoms. The molecule has 0 radical (unpaired) electrons. The van der Waals surface area contributed by atoms with E-state index in [1.54, 1.807) is 37.3 Å². The van der Waals surface area contributed by atoms with Gasteiger partial charge in [0.05, 0.1) is 10.6 Å². The third kappa shape index (κ3) is 8.28. The van der Waals surface area contributed by atoms with E-state index in [9.17, 15) is 22.4 Å². The lowest BCUT2D eigenvalue weighted by Gasteiger charge is -2.34. The Morgan fingerprint density at radius 1 is 0.977 bits per heavy atom. The molecule has 11 heteroatoms. The summed E-state index contributed by atoms with van der Waals surface area (Å²) in [5.41, 5.74) is 1.53. The highest BCUT2D eigenvalue weighted by molar-refractivity contribution is 7.92. The fourth-order valence-corrected chi connectivity index (χ4v) is 7.15. The zero-order valence-corrected chi connectivity index (χ0v) is 26.6. The number of nitrogens with one attached hydrogen (secondary N) is 1. The normalized spacial score (nSPS) is 14.6. The van der Waals surface area contributed by atoms with Gasteiger partial charge in [0.2, 0.25) is 11.8 Å². The molecule has 1 atom stereocenters. The molecule has 0 bridgehead atoms. The van der Waals surface area contributed by atoms with E-state index < -0.39 is 34.3 Å². The number of benzene rings is 3. The zero-order chi connectivity index (χ0) is 31.1. The van der Waals surface area contributed by atoms with Crippen molar-refractivity contribution in [1.82, 2.24) is 10.2 Å². The van der Waals surface area contributed by atoms with Crippen LogP contribution in [0.25, 0.3) is 0 Å². The van der Waals surface area contributed by atoms with Crippen LogP contribution in [0.15, 0.2) is 71.6 Å². The Kier molecular flexibility index (Phi) is 11.1. The second-order valence-electron chi connectivity index (χ2n) is 10.8. The van der Waals surface area contributed by atoms with Crippen molar-refractivity contribution in [3.8, 4) is 0 Å². The highest BCUT2D eigenvalue weighted by atomic mass is 35.5. The smallest absolute Gasteiger partial charge is 0.264 e. The van der Waals surface area contributed by atoms with Gasteiger partial charge >= 0.3 is 0 Å². The van der Waals surface area contributed by atoms with Crippen molar-refractivity contribution in [1.29, 1.82) is 0 Å². The lowest BCUT2D eigenvalue weighted by molar-refractivity contribution is -0.140. The molecular weight excluding hydrogens is 612 g/mol. The van der Waals surface area contributed by atoms with Crippen LogP contribution in [0.5, 0.6) is 0 Å². The van der Waals surface area contributed by atoms with Gasteiger partial charge in [-0.2, -0.15) is 0 Å². The Morgan fingerprint density at radius 3 is 2.23 bits per heavy atom. The molecule has 0 aliphatic heterocycles. The maximum absolute atomic E-state index is 14.2. The lowest BCUT2D eigenvalue weighted by atomic mass is 9.95. The predicted molar refractivity (Wildman–Crippen MR) is 168 cm³/mol. The van der Waals surface area contributed by atoms with E-state index in [4.69, 9.17) is 23.2 Å². The third-order valence-electron chi connectivity index (χ3n) is 7.70.